The van der Waals surface area contributed by atoms with Crippen molar-refractivity contribution in [2.24, 2.45) is 16.9 Å². The number of nitrogens with two attached hydrogens (primary N) is 2. The average Bonchev–Trinajstić information content (AvgIpc) is 2.14. The van der Waals surface area contributed by atoms with E-state index in [0.29, 0.717) is 11.1 Å². The molecule has 0 atom stereocenters. The molecule has 0 aromatic rings. The van der Waals surface area contributed by atoms with Crippen LogP contribution >= 0.6 is 0 Å². The molecule has 0 unspecified atom stereocenters. The van der Waals surface area contributed by atoms with Crippen LogP contribution in [-0.2, 0) is 9.59 Å². The fourth-order valence-corrected chi connectivity index (χ4v) is 0.512. The molecule has 0 aromatic carbocycles. The van der Waals surface area contributed by atoms with Gasteiger partial charge in [-0.15, -0.1) is 0 Å². The maximum atomic E-state index is 10.5. The monoisotopic (exact) mass is 226 g/mol. The lowest BCUT2D eigenvalue weighted by Gasteiger charge is -2.17. The van der Waals surface area contributed by atoms with Gasteiger partial charge in [-0.05, 0) is 19.3 Å². The Morgan fingerprint density at radius 2 is 1.50 bits per heavy atom. The molecule has 4 heteroatoms. The highest BCUT2D eigenvalue weighted by atomic mass is 16.1. The predicted molar refractivity (Wildman–Crippen MR) is 66.4 cm³/mol. The zero-order valence-electron chi connectivity index (χ0n) is 10.8. The maximum Gasteiger partial charge on any atom is 0.244 e. The molecule has 0 heterocycles. The van der Waals surface area contributed by atoms with Gasteiger partial charge in [0.2, 0.25) is 11.8 Å². The van der Waals surface area contributed by atoms with Gasteiger partial charge in [0.1, 0.15) is 0 Å². The van der Waals surface area contributed by atoms with Crippen LogP contribution in [0.15, 0.2) is 23.8 Å². The van der Waals surface area contributed by atoms with Crippen molar-refractivity contribution in [3.63, 3.8) is 0 Å². The van der Waals surface area contributed by atoms with Crippen molar-refractivity contribution in [2.75, 3.05) is 0 Å². The van der Waals surface area contributed by atoms with Crippen molar-refractivity contribution in [3.05, 3.63) is 23.8 Å². The number of hydrogen-bond acceptors (Lipinski definition) is 2. The molecule has 4 nitrogen and oxygen atoms in total. The average molecular weight is 226 g/mol. The van der Waals surface area contributed by atoms with Crippen LogP contribution < -0.4 is 11.5 Å². The molecule has 0 rings (SSSR count). The maximum absolute atomic E-state index is 10.5. The highest BCUT2D eigenvalue weighted by molar-refractivity contribution is 5.92. The Morgan fingerprint density at radius 1 is 1.12 bits per heavy atom. The predicted octanol–water partition coefficient (Wildman–Crippen LogP) is 1.51. The van der Waals surface area contributed by atoms with Gasteiger partial charge in [-0.25, -0.2) is 0 Å². The Balaban J connectivity index is 0. The minimum atomic E-state index is -0.414. The van der Waals surface area contributed by atoms with E-state index in [1.165, 1.54) is 0 Å². The second kappa shape index (κ2) is 6.82. The van der Waals surface area contributed by atoms with Gasteiger partial charge in [0.05, 0.1) is 0 Å². The van der Waals surface area contributed by atoms with Gasteiger partial charge in [0.15, 0.2) is 0 Å². The molecular formula is C12H22N2O2. The molecule has 0 saturated carbocycles. The highest BCUT2D eigenvalue weighted by Gasteiger charge is 2.18. The summed E-state index contributed by atoms with van der Waals surface area (Å²) in [4.78, 5) is 20.6. The number of hydrogen-bond donors (Lipinski definition) is 2. The SMILES string of the molecule is C/C=C(\C)C(N)=O.C=C(C(N)=O)C(C)(C)C. The normalized spacial score (nSPS) is 11.2. The van der Waals surface area contributed by atoms with Crippen LogP contribution in [0, 0.1) is 5.41 Å². The summed E-state index contributed by atoms with van der Waals surface area (Å²) in [6.45, 7) is 12.7. The minimum Gasteiger partial charge on any atom is -0.366 e. The van der Waals surface area contributed by atoms with E-state index in [1.807, 2.05) is 20.8 Å². The standard InChI is InChI=1S/C7H13NO.C5H9NO/c1-5(6(8)9)7(2,3)4;1-3-4(2)5(6)7/h1H2,2-4H3,(H2,8,9);3H,1-2H3,(H2,6,7)/b;4-3+. The molecule has 0 aliphatic heterocycles. The molecule has 4 N–H and O–H groups in total. The van der Waals surface area contributed by atoms with Gasteiger partial charge in [-0.1, -0.05) is 33.4 Å². The van der Waals surface area contributed by atoms with Crippen molar-refractivity contribution in [2.45, 2.75) is 34.6 Å². The van der Waals surface area contributed by atoms with Crippen molar-refractivity contribution >= 4 is 11.8 Å². The summed E-state index contributed by atoms with van der Waals surface area (Å²) < 4.78 is 0. The number of amides is 2. The summed E-state index contributed by atoms with van der Waals surface area (Å²) in [5, 5.41) is 0. The lowest BCUT2D eigenvalue weighted by Crippen LogP contribution is -2.23. The Bertz CT molecular complexity index is 309. The largest absolute Gasteiger partial charge is 0.366 e. The van der Waals surface area contributed by atoms with E-state index < -0.39 is 5.91 Å². The molecule has 0 aliphatic rings. The van der Waals surface area contributed by atoms with E-state index in [4.69, 9.17) is 11.5 Å². The number of rotatable bonds is 2. The fraction of sp³-hybridized carbons (Fsp3) is 0.500. The number of carbonyl (C=O) groups excluding carboxylic acids is 2. The quantitative estimate of drug-likeness (QED) is 0.699. The Morgan fingerprint density at radius 3 is 1.50 bits per heavy atom. The van der Waals surface area contributed by atoms with Crippen LogP contribution in [0.25, 0.3) is 0 Å². The Hall–Kier alpha value is -1.58. The molecule has 16 heavy (non-hydrogen) atoms. The Kier molecular flexibility index (Phi) is 7.18. The molecule has 0 bridgehead atoms. The van der Waals surface area contributed by atoms with Crippen molar-refractivity contribution in [1.29, 1.82) is 0 Å². The minimum absolute atomic E-state index is 0.189. The van der Waals surface area contributed by atoms with Crippen LogP contribution in [0.5, 0.6) is 0 Å². The lowest BCUT2D eigenvalue weighted by atomic mass is 9.87. The molecule has 0 aliphatic carbocycles. The number of primary amides is 2. The third kappa shape index (κ3) is 7.79. The molecule has 92 valence electrons. The van der Waals surface area contributed by atoms with Crippen LogP contribution in [0.4, 0.5) is 0 Å². The third-order valence-corrected chi connectivity index (χ3v) is 2.02. The van der Waals surface area contributed by atoms with Gasteiger partial charge in [0.25, 0.3) is 0 Å². The second-order valence-electron chi connectivity index (χ2n) is 4.43. The van der Waals surface area contributed by atoms with Gasteiger partial charge >= 0.3 is 0 Å². The lowest BCUT2D eigenvalue weighted by molar-refractivity contribution is -0.115. The van der Waals surface area contributed by atoms with E-state index >= 15 is 0 Å². The Labute approximate surface area is 97.4 Å². The fourth-order valence-electron chi connectivity index (χ4n) is 0.512. The summed E-state index contributed by atoms with van der Waals surface area (Å²) >= 11 is 0. The van der Waals surface area contributed by atoms with Crippen molar-refractivity contribution in [1.82, 2.24) is 0 Å². The molecule has 0 aromatic heterocycles. The van der Waals surface area contributed by atoms with E-state index in [0.717, 1.165) is 0 Å². The van der Waals surface area contributed by atoms with Crippen LogP contribution in [-0.4, -0.2) is 11.8 Å². The van der Waals surface area contributed by atoms with Crippen LogP contribution in [0.3, 0.4) is 0 Å². The van der Waals surface area contributed by atoms with Gasteiger partial charge in [-0.3, -0.25) is 9.59 Å². The molecule has 0 fully saturated rings. The van der Waals surface area contributed by atoms with E-state index in [2.05, 4.69) is 6.58 Å². The molecule has 0 radical (unpaired) electrons. The number of carbonyl (C=O) groups is 2. The summed E-state index contributed by atoms with van der Waals surface area (Å²) in [7, 11) is 0. The van der Waals surface area contributed by atoms with Gasteiger partial charge in [0, 0.05) is 11.1 Å². The third-order valence-electron chi connectivity index (χ3n) is 2.02. The van der Waals surface area contributed by atoms with E-state index in [9.17, 15) is 9.59 Å². The first-order valence-electron chi connectivity index (χ1n) is 4.96. The highest BCUT2D eigenvalue weighted by Crippen LogP contribution is 2.22. The van der Waals surface area contributed by atoms with Gasteiger partial charge in [-0.2, -0.15) is 0 Å². The van der Waals surface area contributed by atoms with E-state index in [1.54, 1.807) is 19.9 Å². The topological polar surface area (TPSA) is 86.2 Å². The first-order chi connectivity index (χ1) is 7.03. The molecule has 0 saturated heterocycles. The first-order valence-corrected chi connectivity index (χ1v) is 4.96. The summed E-state index contributed by atoms with van der Waals surface area (Å²) in [6, 6.07) is 0. The van der Waals surface area contributed by atoms with Crippen molar-refractivity contribution < 1.29 is 9.59 Å². The summed E-state index contributed by atoms with van der Waals surface area (Å²) in [6.07, 6.45) is 1.68. The van der Waals surface area contributed by atoms with Gasteiger partial charge < -0.3 is 11.5 Å². The van der Waals surface area contributed by atoms with E-state index in [-0.39, 0.29) is 11.3 Å². The summed E-state index contributed by atoms with van der Waals surface area (Å²) in [5.41, 5.74) is 10.7. The first kappa shape index (κ1) is 16.8. The summed E-state index contributed by atoms with van der Waals surface area (Å²) in [5.74, 6) is -0.759. The van der Waals surface area contributed by atoms with Crippen LogP contribution in [0.2, 0.25) is 0 Å². The van der Waals surface area contributed by atoms with Crippen molar-refractivity contribution in [3.8, 4) is 0 Å². The van der Waals surface area contributed by atoms with Crippen LogP contribution in [0.1, 0.15) is 34.6 Å². The molecular weight excluding hydrogens is 204 g/mol. The number of allylic oxidation sites excluding steroid dienone is 1. The molecule has 0 spiro atoms. The molecule has 2 amide bonds. The zero-order chi connectivity index (χ0) is 13.5. The smallest absolute Gasteiger partial charge is 0.244 e. The zero-order valence-corrected chi connectivity index (χ0v) is 10.8. The second-order valence-corrected chi connectivity index (χ2v) is 4.43.